The number of nitrogens with two attached hydrogens (primary N) is 1. The van der Waals surface area contributed by atoms with Crippen molar-refractivity contribution in [2.45, 2.75) is 11.5 Å². The Hall–Kier alpha value is -3.56. The van der Waals surface area contributed by atoms with Crippen molar-refractivity contribution in [1.82, 2.24) is 0 Å². The van der Waals surface area contributed by atoms with Gasteiger partial charge in [0.2, 0.25) is 10.0 Å². The molecule has 0 atom stereocenters. The Bertz CT molecular complexity index is 1160. The minimum Gasteiger partial charge on any atom is -0.497 e. The first-order valence-electron chi connectivity index (χ1n) is 9.18. The van der Waals surface area contributed by atoms with E-state index in [0.717, 1.165) is 5.75 Å². The molecule has 3 aromatic carbocycles. The standard InChI is InChI=1S/C22H22N2O6S/c1-28-18-6-8-19(9-7-18)30-14-16-13-15(3-12-21(16)29-2)22(25)24-17-4-10-20(11-5-17)31(23,26)27/h3-13H,14H2,1-2H3,(H,24,25)(H2,23,26,27). The van der Waals surface area contributed by atoms with Crippen molar-refractivity contribution in [2.24, 2.45) is 5.14 Å². The van der Waals surface area contributed by atoms with E-state index in [2.05, 4.69) is 5.32 Å². The summed E-state index contributed by atoms with van der Waals surface area (Å²) in [7, 11) is -0.665. The van der Waals surface area contributed by atoms with Gasteiger partial charge in [0.05, 0.1) is 19.1 Å². The van der Waals surface area contributed by atoms with E-state index < -0.39 is 10.0 Å². The smallest absolute Gasteiger partial charge is 0.255 e. The highest BCUT2D eigenvalue weighted by molar-refractivity contribution is 7.89. The van der Waals surface area contributed by atoms with Crippen LogP contribution in [0, 0.1) is 0 Å². The highest BCUT2D eigenvalue weighted by Crippen LogP contribution is 2.24. The number of benzene rings is 3. The van der Waals surface area contributed by atoms with Crippen LogP contribution in [0.25, 0.3) is 0 Å². The Kier molecular flexibility index (Phi) is 6.78. The summed E-state index contributed by atoms with van der Waals surface area (Å²) >= 11 is 0. The molecule has 0 fully saturated rings. The second-order valence-electron chi connectivity index (χ2n) is 6.51. The molecule has 0 aliphatic rings. The third-order valence-corrected chi connectivity index (χ3v) is 5.37. The van der Waals surface area contributed by atoms with Gasteiger partial charge < -0.3 is 19.5 Å². The Morgan fingerprint density at radius 3 is 2.13 bits per heavy atom. The van der Waals surface area contributed by atoms with Crippen LogP contribution in [0.4, 0.5) is 5.69 Å². The van der Waals surface area contributed by atoms with E-state index in [4.69, 9.17) is 19.3 Å². The minimum absolute atomic E-state index is 0.0343. The van der Waals surface area contributed by atoms with Crippen LogP contribution in [-0.2, 0) is 16.6 Å². The molecule has 0 bridgehead atoms. The summed E-state index contributed by atoms with van der Waals surface area (Å²) in [6.07, 6.45) is 0. The van der Waals surface area contributed by atoms with Gasteiger partial charge in [0.15, 0.2) is 0 Å². The molecule has 0 spiro atoms. The van der Waals surface area contributed by atoms with E-state index >= 15 is 0 Å². The number of anilines is 1. The van der Waals surface area contributed by atoms with E-state index in [-0.39, 0.29) is 17.4 Å². The lowest BCUT2D eigenvalue weighted by Gasteiger charge is -2.13. The molecule has 0 aromatic heterocycles. The number of primary sulfonamides is 1. The van der Waals surface area contributed by atoms with Crippen molar-refractivity contribution in [1.29, 1.82) is 0 Å². The Balaban J connectivity index is 1.73. The van der Waals surface area contributed by atoms with E-state index in [0.29, 0.717) is 28.3 Å². The second kappa shape index (κ2) is 9.50. The zero-order chi connectivity index (χ0) is 22.4. The first kappa shape index (κ1) is 22.1. The third-order valence-electron chi connectivity index (χ3n) is 4.44. The number of sulfonamides is 1. The molecule has 8 nitrogen and oxygen atoms in total. The predicted octanol–water partition coefficient (Wildman–Crippen LogP) is 3.18. The zero-order valence-electron chi connectivity index (χ0n) is 17.0. The van der Waals surface area contributed by atoms with E-state index in [9.17, 15) is 13.2 Å². The summed E-state index contributed by atoms with van der Waals surface area (Å²) in [6.45, 7) is 0.194. The summed E-state index contributed by atoms with van der Waals surface area (Å²) < 4.78 is 39.0. The van der Waals surface area contributed by atoms with Gasteiger partial charge in [-0.05, 0) is 66.7 Å². The van der Waals surface area contributed by atoms with Gasteiger partial charge in [-0.3, -0.25) is 4.79 Å². The topological polar surface area (TPSA) is 117 Å². The molecule has 0 saturated carbocycles. The lowest BCUT2D eigenvalue weighted by atomic mass is 10.1. The van der Waals surface area contributed by atoms with Crippen molar-refractivity contribution in [3.8, 4) is 17.2 Å². The highest BCUT2D eigenvalue weighted by atomic mass is 32.2. The number of ether oxygens (including phenoxy) is 3. The fourth-order valence-electron chi connectivity index (χ4n) is 2.80. The van der Waals surface area contributed by atoms with Crippen LogP contribution in [0.3, 0.4) is 0 Å². The molecular weight excluding hydrogens is 420 g/mol. The monoisotopic (exact) mass is 442 g/mol. The maximum absolute atomic E-state index is 12.6. The zero-order valence-corrected chi connectivity index (χ0v) is 17.8. The Morgan fingerprint density at radius 2 is 1.55 bits per heavy atom. The van der Waals surface area contributed by atoms with Crippen LogP contribution in [0.1, 0.15) is 15.9 Å². The number of hydrogen-bond donors (Lipinski definition) is 2. The number of amides is 1. The summed E-state index contributed by atoms with van der Waals surface area (Å²) in [5.41, 5.74) is 1.52. The first-order valence-corrected chi connectivity index (χ1v) is 10.7. The van der Waals surface area contributed by atoms with Crippen molar-refractivity contribution >= 4 is 21.6 Å². The molecule has 0 heterocycles. The summed E-state index contributed by atoms with van der Waals surface area (Å²) in [5, 5.41) is 7.80. The fraction of sp³-hybridized carbons (Fsp3) is 0.136. The molecule has 0 radical (unpaired) electrons. The molecule has 1 amide bonds. The second-order valence-corrected chi connectivity index (χ2v) is 8.08. The maximum Gasteiger partial charge on any atom is 0.255 e. The summed E-state index contributed by atoms with van der Waals surface area (Å²) in [6, 6.07) is 17.7. The van der Waals surface area contributed by atoms with Gasteiger partial charge in [0.1, 0.15) is 23.9 Å². The van der Waals surface area contributed by atoms with Gasteiger partial charge in [-0.2, -0.15) is 0 Å². The largest absolute Gasteiger partial charge is 0.497 e. The molecule has 0 unspecified atom stereocenters. The number of carbonyl (C=O) groups excluding carboxylic acids is 1. The maximum atomic E-state index is 12.6. The van der Waals surface area contributed by atoms with E-state index in [1.807, 2.05) is 0 Å². The molecule has 0 saturated heterocycles. The number of methoxy groups -OCH3 is 2. The SMILES string of the molecule is COc1ccc(OCc2cc(C(=O)Nc3ccc(S(N)(=O)=O)cc3)ccc2OC)cc1. The predicted molar refractivity (Wildman–Crippen MR) is 116 cm³/mol. The molecule has 3 N–H and O–H groups in total. The first-order chi connectivity index (χ1) is 14.8. The summed E-state index contributed by atoms with van der Waals surface area (Å²) in [5.74, 6) is 1.59. The molecule has 9 heteroatoms. The van der Waals surface area contributed by atoms with E-state index in [1.54, 1.807) is 56.7 Å². The molecule has 3 aromatic rings. The van der Waals surface area contributed by atoms with Crippen LogP contribution in [-0.4, -0.2) is 28.5 Å². The summed E-state index contributed by atoms with van der Waals surface area (Å²) in [4.78, 5) is 12.6. The van der Waals surface area contributed by atoms with Crippen molar-refractivity contribution in [3.63, 3.8) is 0 Å². The van der Waals surface area contributed by atoms with Crippen LogP contribution in [0.15, 0.2) is 71.6 Å². The molecule has 3 rings (SSSR count). The van der Waals surface area contributed by atoms with Gasteiger partial charge >= 0.3 is 0 Å². The van der Waals surface area contributed by atoms with Gasteiger partial charge in [-0.25, -0.2) is 13.6 Å². The van der Waals surface area contributed by atoms with Crippen molar-refractivity contribution in [2.75, 3.05) is 19.5 Å². The molecule has 0 aliphatic heterocycles. The minimum atomic E-state index is -3.79. The molecule has 162 valence electrons. The average Bonchev–Trinajstić information content (AvgIpc) is 2.77. The van der Waals surface area contributed by atoms with Crippen LogP contribution in [0.5, 0.6) is 17.2 Å². The van der Waals surface area contributed by atoms with E-state index in [1.165, 1.54) is 24.3 Å². The van der Waals surface area contributed by atoms with Crippen molar-refractivity contribution in [3.05, 3.63) is 77.9 Å². The number of hydrogen-bond acceptors (Lipinski definition) is 6. The lowest BCUT2D eigenvalue weighted by Crippen LogP contribution is -2.14. The van der Waals surface area contributed by atoms with Crippen LogP contribution >= 0.6 is 0 Å². The molecular formula is C22H22N2O6S. The Labute approximate surface area is 180 Å². The highest BCUT2D eigenvalue weighted by Gasteiger charge is 2.13. The number of rotatable bonds is 8. The molecule has 31 heavy (non-hydrogen) atoms. The van der Waals surface area contributed by atoms with Crippen LogP contribution < -0.4 is 24.7 Å². The number of nitrogens with one attached hydrogen (secondary N) is 1. The Morgan fingerprint density at radius 1 is 0.903 bits per heavy atom. The van der Waals surface area contributed by atoms with Gasteiger partial charge in [-0.1, -0.05) is 0 Å². The number of carbonyl (C=O) groups is 1. The van der Waals surface area contributed by atoms with Crippen LogP contribution in [0.2, 0.25) is 0 Å². The van der Waals surface area contributed by atoms with Gasteiger partial charge in [0, 0.05) is 16.8 Å². The normalized spacial score (nSPS) is 10.9. The quantitative estimate of drug-likeness (QED) is 0.553. The lowest BCUT2D eigenvalue weighted by molar-refractivity contribution is 0.102. The third kappa shape index (κ3) is 5.74. The average molecular weight is 442 g/mol. The fourth-order valence-corrected chi connectivity index (χ4v) is 3.31. The van der Waals surface area contributed by atoms with Gasteiger partial charge in [0.25, 0.3) is 5.91 Å². The molecule has 0 aliphatic carbocycles. The van der Waals surface area contributed by atoms with Gasteiger partial charge in [-0.15, -0.1) is 0 Å². The van der Waals surface area contributed by atoms with Crippen molar-refractivity contribution < 1.29 is 27.4 Å².